The van der Waals surface area contributed by atoms with Gasteiger partial charge in [-0.2, -0.15) is 0 Å². The van der Waals surface area contributed by atoms with E-state index < -0.39 is 0 Å². The van der Waals surface area contributed by atoms with Crippen molar-refractivity contribution in [3.8, 4) is 5.69 Å². The van der Waals surface area contributed by atoms with Crippen LogP contribution in [-0.4, -0.2) is 8.97 Å². The molecule has 2 heteroatoms. The van der Waals surface area contributed by atoms with Gasteiger partial charge in [0.05, 0.1) is 27.6 Å². The van der Waals surface area contributed by atoms with Gasteiger partial charge in [0.2, 0.25) is 0 Å². The van der Waals surface area contributed by atoms with E-state index in [9.17, 15) is 0 Å². The molecule has 7 aromatic carbocycles. The lowest BCUT2D eigenvalue weighted by atomic mass is 9.97. The van der Waals surface area contributed by atoms with E-state index in [1.54, 1.807) is 0 Å². The smallest absolute Gasteiger partial charge is 0.0703 e. The number of hydrogen-bond acceptors (Lipinski definition) is 0. The lowest BCUT2D eigenvalue weighted by Gasteiger charge is -2.17. The van der Waals surface area contributed by atoms with E-state index in [0.717, 1.165) is 11.2 Å². The minimum Gasteiger partial charge on any atom is -0.308 e. The summed E-state index contributed by atoms with van der Waals surface area (Å²) in [7, 11) is 0. The molecular weight excluding hydrogens is 484 g/mol. The molecule has 2 aromatic heterocycles. The molecule has 0 fully saturated rings. The predicted octanol–water partition coefficient (Wildman–Crippen LogP) is 10.2. The number of hydrogen-bond donors (Lipinski definition) is 0. The first-order valence-corrected chi connectivity index (χ1v) is 13.8. The van der Waals surface area contributed by atoms with Crippen molar-refractivity contribution in [1.29, 1.82) is 0 Å². The van der Waals surface area contributed by atoms with E-state index in [1.807, 2.05) is 0 Å². The molecule has 0 aliphatic rings. The highest BCUT2D eigenvalue weighted by molar-refractivity contribution is 6.33. The molecule has 0 atom stereocenters. The minimum absolute atomic E-state index is 1.14. The van der Waals surface area contributed by atoms with Gasteiger partial charge in [0.1, 0.15) is 0 Å². The fourth-order valence-electron chi connectivity index (χ4n) is 6.83. The molecule has 0 bridgehead atoms. The van der Waals surface area contributed by atoms with Crippen molar-refractivity contribution in [2.24, 2.45) is 0 Å². The second-order valence-corrected chi connectivity index (χ2v) is 10.6. The van der Waals surface area contributed by atoms with Gasteiger partial charge in [-0.1, -0.05) is 103 Å². The third kappa shape index (κ3) is 2.82. The number of nitrogens with zero attached hydrogens (tertiary/aromatic N) is 2. The molecule has 2 nitrogen and oxygen atoms in total. The molecule has 9 rings (SSSR count). The quantitative estimate of drug-likeness (QED) is 0.209. The maximum atomic E-state index is 2.51. The van der Waals surface area contributed by atoms with Gasteiger partial charge in [0, 0.05) is 27.2 Å². The zero-order valence-corrected chi connectivity index (χ0v) is 21.8. The molecule has 0 saturated heterocycles. The summed E-state index contributed by atoms with van der Waals surface area (Å²) in [6, 6.07) is 53.1. The second-order valence-electron chi connectivity index (χ2n) is 10.6. The number of aromatic nitrogens is 2. The summed E-state index contributed by atoms with van der Waals surface area (Å²) in [6.07, 6.45) is 0. The van der Waals surface area contributed by atoms with E-state index in [0.29, 0.717) is 0 Å². The molecule has 40 heavy (non-hydrogen) atoms. The lowest BCUT2D eigenvalue weighted by Crippen LogP contribution is -2.01. The van der Waals surface area contributed by atoms with Crippen molar-refractivity contribution < 1.29 is 0 Å². The van der Waals surface area contributed by atoms with Crippen molar-refractivity contribution in [3.05, 3.63) is 146 Å². The largest absolute Gasteiger partial charge is 0.308 e. The van der Waals surface area contributed by atoms with Crippen molar-refractivity contribution in [3.63, 3.8) is 0 Å². The molecule has 0 aliphatic carbocycles. The summed E-state index contributed by atoms with van der Waals surface area (Å²) in [5.41, 5.74) is 7.15. The monoisotopic (exact) mass is 508 g/mol. The summed E-state index contributed by atoms with van der Waals surface area (Å²) < 4.78 is 4.93. The van der Waals surface area contributed by atoms with Crippen LogP contribution in [0.1, 0.15) is 0 Å². The van der Waals surface area contributed by atoms with E-state index in [1.165, 1.54) is 65.2 Å². The lowest BCUT2D eigenvalue weighted by molar-refractivity contribution is 1.16. The van der Waals surface area contributed by atoms with Crippen molar-refractivity contribution in [1.82, 2.24) is 8.97 Å². The molecule has 0 radical (unpaired) electrons. The summed E-state index contributed by atoms with van der Waals surface area (Å²) in [5.74, 6) is 0. The first kappa shape index (κ1) is 21.6. The minimum atomic E-state index is 1.14. The van der Waals surface area contributed by atoms with Crippen LogP contribution in [0.15, 0.2) is 146 Å². The Morgan fingerprint density at radius 2 is 0.950 bits per heavy atom. The summed E-state index contributed by atoms with van der Waals surface area (Å²) in [6.45, 7) is 0. The third-order valence-corrected chi connectivity index (χ3v) is 8.46. The van der Waals surface area contributed by atoms with Gasteiger partial charge in [-0.05, 0) is 64.0 Å². The Balaban J connectivity index is 1.74. The van der Waals surface area contributed by atoms with E-state index >= 15 is 0 Å². The predicted molar refractivity (Wildman–Crippen MR) is 171 cm³/mol. The van der Waals surface area contributed by atoms with Crippen LogP contribution in [0.2, 0.25) is 0 Å². The van der Waals surface area contributed by atoms with Crippen LogP contribution in [-0.2, 0) is 0 Å². The van der Waals surface area contributed by atoms with Crippen molar-refractivity contribution >= 4 is 70.7 Å². The van der Waals surface area contributed by atoms with Crippen LogP contribution in [0, 0.1) is 0 Å². The SMILES string of the molecule is c1ccc(-n2c3ccccc3c3cc4ccccc4c4c5c6ccccc6ccc5n(c5ccccc52)c34)cc1. The standard InChI is InChI=1S/C38H24N2/c1-2-14-27(15-3-1)39-32-19-9-8-18-30(32)31-24-26-13-5-7-17-29(26)37-36-28-16-6-4-12-25(28)22-23-35(36)40(38(31)37)34-21-11-10-20-33(34)39/h1-24H. The number of rotatable bonds is 1. The summed E-state index contributed by atoms with van der Waals surface area (Å²) >= 11 is 0. The highest BCUT2D eigenvalue weighted by Gasteiger charge is 2.20. The topological polar surface area (TPSA) is 9.34 Å². The molecule has 0 unspecified atom stereocenters. The Bertz CT molecular complexity index is 2480. The molecule has 0 spiro atoms. The highest BCUT2D eigenvalue weighted by atomic mass is 15.0. The number of benzene rings is 7. The van der Waals surface area contributed by atoms with E-state index in [-0.39, 0.29) is 0 Å². The van der Waals surface area contributed by atoms with Crippen LogP contribution in [0.4, 0.5) is 0 Å². The first-order valence-electron chi connectivity index (χ1n) is 13.8. The average molecular weight is 509 g/mol. The Labute approximate surface area is 230 Å². The molecule has 2 heterocycles. The fourth-order valence-corrected chi connectivity index (χ4v) is 6.83. The third-order valence-electron chi connectivity index (χ3n) is 8.46. The Morgan fingerprint density at radius 3 is 1.75 bits per heavy atom. The van der Waals surface area contributed by atoms with Crippen LogP contribution < -0.4 is 0 Å². The molecule has 0 saturated carbocycles. The van der Waals surface area contributed by atoms with Crippen molar-refractivity contribution in [2.75, 3.05) is 0 Å². The Morgan fingerprint density at radius 1 is 0.350 bits per heavy atom. The fraction of sp³-hybridized carbons (Fsp3) is 0. The zero-order chi connectivity index (χ0) is 26.2. The number of fused-ring (bicyclic) bond motifs is 11. The summed E-state index contributed by atoms with van der Waals surface area (Å²) in [5, 5.41) is 10.2. The number of para-hydroxylation sites is 4. The van der Waals surface area contributed by atoms with Gasteiger partial charge in [-0.25, -0.2) is 0 Å². The summed E-state index contributed by atoms with van der Waals surface area (Å²) in [4.78, 5) is 0. The van der Waals surface area contributed by atoms with Crippen LogP contribution in [0.25, 0.3) is 76.4 Å². The Kier molecular flexibility index (Phi) is 4.36. The van der Waals surface area contributed by atoms with Crippen molar-refractivity contribution in [2.45, 2.75) is 0 Å². The average Bonchev–Trinajstić information content (AvgIpc) is 3.37. The molecule has 0 N–H and O–H groups in total. The molecule has 0 amide bonds. The van der Waals surface area contributed by atoms with Gasteiger partial charge < -0.3 is 8.97 Å². The Hall–Kier alpha value is -5.34. The van der Waals surface area contributed by atoms with Crippen LogP contribution >= 0.6 is 0 Å². The maximum absolute atomic E-state index is 2.51. The van der Waals surface area contributed by atoms with Gasteiger partial charge in [0.15, 0.2) is 0 Å². The van der Waals surface area contributed by atoms with Gasteiger partial charge in [-0.3, -0.25) is 0 Å². The van der Waals surface area contributed by atoms with Gasteiger partial charge in [-0.15, -0.1) is 0 Å². The van der Waals surface area contributed by atoms with Gasteiger partial charge >= 0.3 is 0 Å². The normalized spacial score (nSPS) is 12.0. The highest BCUT2D eigenvalue weighted by Crippen LogP contribution is 2.43. The van der Waals surface area contributed by atoms with E-state index in [4.69, 9.17) is 0 Å². The first-order chi connectivity index (χ1) is 19.9. The van der Waals surface area contributed by atoms with Crippen LogP contribution in [0.3, 0.4) is 0 Å². The molecule has 186 valence electrons. The second kappa shape index (κ2) is 8.08. The van der Waals surface area contributed by atoms with Gasteiger partial charge in [0.25, 0.3) is 0 Å². The van der Waals surface area contributed by atoms with E-state index in [2.05, 4.69) is 155 Å². The molecule has 0 aliphatic heterocycles. The molecule has 9 aromatic rings. The van der Waals surface area contributed by atoms with Crippen LogP contribution in [0.5, 0.6) is 0 Å². The maximum Gasteiger partial charge on any atom is 0.0703 e. The zero-order valence-electron chi connectivity index (χ0n) is 21.8. The molecular formula is C38H24N2.